The quantitative estimate of drug-likeness (QED) is 0.620. The van der Waals surface area contributed by atoms with Crippen molar-refractivity contribution < 1.29 is 14.6 Å². The Hall–Kier alpha value is -3.54. The topological polar surface area (TPSA) is 113 Å². The van der Waals surface area contributed by atoms with Gasteiger partial charge in [-0.25, -0.2) is 14.5 Å². The van der Waals surface area contributed by atoms with E-state index in [1.807, 2.05) is 25.1 Å². The highest BCUT2D eigenvalue weighted by Gasteiger charge is 2.25. The first-order valence-corrected chi connectivity index (χ1v) is 9.15. The van der Waals surface area contributed by atoms with Crippen LogP contribution in [0.5, 0.6) is 0 Å². The molecule has 1 aromatic carbocycles. The molecule has 0 amide bonds. The van der Waals surface area contributed by atoms with E-state index < -0.39 is 6.10 Å². The zero-order valence-corrected chi connectivity index (χ0v) is 15.8. The van der Waals surface area contributed by atoms with E-state index in [9.17, 15) is 9.90 Å². The first-order valence-electron chi connectivity index (χ1n) is 9.15. The number of hydrogen-bond acceptors (Lipinski definition) is 7. The van der Waals surface area contributed by atoms with Gasteiger partial charge in [0.1, 0.15) is 12.7 Å². The molecule has 146 valence electrons. The van der Waals surface area contributed by atoms with Crippen LogP contribution in [0.3, 0.4) is 0 Å². The maximum absolute atomic E-state index is 11.6. The predicted octanol–water partition coefficient (Wildman–Crippen LogP) is 1.94. The molecule has 0 aliphatic carbocycles. The van der Waals surface area contributed by atoms with Crippen LogP contribution >= 0.6 is 0 Å². The van der Waals surface area contributed by atoms with Crippen molar-refractivity contribution in [2.45, 2.75) is 26.2 Å². The zero-order chi connectivity index (χ0) is 20.4. The number of nitrogens with one attached hydrogen (secondary N) is 1. The van der Waals surface area contributed by atoms with Gasteiger partial charge in [0.05, 0.1) is 29.6 Å². The van der Waals surface area contributed by atoms with Crippen molar-refractivity contribution in [2.24, 2.45) is 0 Å². The van der Waals surface area contributed by atoms with Crippen LogP contribution in [-0.2, 0) is 17.9 Å². The fourth-order valence-electron chi connectivity index (χ4n) is 3.35. The molecule has 2 aromatic heterocycles. The lowest BCUT2D eigenvalue weighted by Crippen LogP contribution is -2.22. The summed E-state index contributed by atoms with van der Waals surface area (Å²) in [6, 6.07) is 9.27. The Bertz CT molecular complexity index is 1100. The number of carbonyl (C=O) groups excluding carboxylic acids is 1. The van der Waals surface area contributed by atoms with Gasteiger partial charge in [-0.15, -0.1) is 0 Å². The first-order chi connectivity index (χ1) is 14.1. The van der Waals surface area contributed by atoms with E-state index in [-0.39, 0.29) is 12.6 Å². The second-order valence-electron chi connectivity index (χ2n) is 6.84. The Labute approximate surface area is 167 Å². The summed E-state index contributed by atoms with van der Waals surface area (Å²) < 4.78 is 6.61. The molecule has 4 rings (SSSR count). The number of esters is 1. The van der Waals surface area contributed by atoms with Gasteiger partial charge in [0.25, 0.3) is 0 Å². The highest BCUT2D eigenvalue weighted by Crippen LogP contribution is 2.28. The van der Waals surface area contributed by atoms with Crippen LogP contribution in [0, 0.1) is 18.3 Å². The van der Waals surface area contributed by atoms with Crippen molar-refractivity contribution in [3.63, 3.8) is 0 Å². The molecule has 3 aromatic rings. The third-order valence-corrected chi connectivity index (χ3v) is 4.99. The monoisotopic (exact) mass is 389 g/mol. The number of nitrogens with zero attached hydrogens (tertiary/aromatic N) is 4. The smallest absolute Gasteiger partial charge is 0.338 e. The number of aliphatic hydroxyl groups excluding tert-OH is 1. The molecule has 1 atom stereocenters. The largest absolute Gasteiger partial charge is 0.457 e. The molecule has 1 aliphatic rings. The maximum atomic E-state index is 11.6. The van der Waals surface area contributed by atoms with Crippen LogP contribution in [0.25, 0.3) is 5.82 Å². The van der Waals surface area contributed by atoms with E-state index >= 15 is 0 Å². The van der Waals surface area contributed by atoms with Gasteiger partial charge in [-0.2, -0.15) is 10.4 Å². The second-order valence-corrected chi connectivity index (χ2v) is 6.84. The van der Waals surface area contributed by atoms with Crippen molar-refractivity contribution in [3.05, 3.63) is 76.2 Å². The summed E-state index contributed by atoms with van der Waals surface area (Å²) in [5.74, 6) is 0.318. The van der Waals surface area contributed by atoms with Gasteiger partial charge in [0, 0.05) is 24.8 Å². The van der Waals surface area contributed by atoms with Crippen LogP contribution in [0.2, 0.25) is 0 Å². The lowest BCUT2D eigenvalue weighted by atomic mass is 9.95. The number of aromatic nitrogens is 3. The van der Waals surface area contributed by atoms with Gasteiger partial charge in [-0.05, 0) is 35.7 Å². The summed E-state index contributed by atoms with van der Waals surface area (Å²) in [4.78, 5) is 16.0. The number of benzene rings is 1. The van der Waals surface area contributed by atoms with Gasteiger partial charge in [0.2, 0.25) is 0 Å². The second kappa shape index (κ2) is 7.83. The molecule has 3 heterocycles. The minimum atomic E-state index is -0.697. The van der Waals surface area contributed by atoms with Crippen molar-refractivity contribution in [2.75, 3.05) is 6.54 Å². The van der Waals surface area contributed by atoms with Gasteiger partial charge < -0.3 is 15.2 Å². The number of carbonyl (C=O) groups is 1. The van der Waals surface area contributed by atoms with Crippen molar-refractivity contribution in [1.29, 1.82) is 5.26 Å². The minimum Gasteiger partial charge on any atom is -0.457 e. The Kier molecular flexibility index (Phi) is 5.08. The molecule has 0 saturated carbocycles. The highest BCUT2D eigenvalue weighted by atomic mass is 16.5. The molecule has 0 spiro atoms. The molecule has 2 N–H and O–H groups in total. The fourth-order valence-corrected chi connectivity index (χ4v) is 3.35. The van der Waals surface area contributed by atoms with E-state index in [4.69, 9.17) is 10.00 Å². The molecule has 1 aliphatic heterocycles. The van der Waals surface area contributed by atoms with Gasteiger partial charge in [0.15, 0.2) is 5.82 Å². The van der Waals surface area contributed by atoms with Crippen LogP contribution < -0.4 is 5.32 Å². The van der Waals surface area contributed by atoms with Crippen molar-refractivity contribution in [3.8, 4) is 11.9 Å². The van der Waals surface area contributed by atoms with Crippen LogP contribution in [0.4, 0.5) is 0 Å². The third-order valence-electron chi connectivity index (χ3n) is 4.99. The molecule has 1 unspecified atom stereocenters. The minimum absolute atomic E-state index is 0.262. The number of hydrogen-bond donors (Lipinski definition) is 2. The summed E-state index contributed by atoms with van der Waals surface area (Å²) in [7, 11) is 0. The number of pyridine rings is 1. The summed E-state index contributed by atoms with van der Waals surface area (Å²) >= 11 is 0. The van der Waals surface area contributed by atoms with Crippen molar-refractivity contribution >= 4 is 5.97 Å². The zero-order valence-electron chi connectivity index (χ0n) is 15.8. The maximum Gasteiger partial charge on any atom is 0.338 e. The SMILES string of the molecule is Cc1c(C(O)CNCc2ccc(-n3cc(C#N)cn3)nc2)ccc2c1COC2=O. The summed E-state index contributed by atoms with van der Waals surface area (Å²) in [5.41, 5.74) is 4.54. The Balaban J connectivity index is 1.35. The average Bonchev–Trinajstić information content (AvgIpc) is 3.36. The van der Waals surface area contributed by atoms with E-state index in [1.54, 1.807) is 29.2 Å². The predicted molar refractivity (Wildman–Crippen MR) is 103 cm³/mol. The molecule has 0 fully saturated rings. The standard InChI is InChI=1S/C21H19N5O3/c1-13-16(3-4-17-18(13)12-29-21(17)28)19(27)10-23-7-14-2-5-20(24-8-14)26-11-15(6-22)9-25-26/h2-5,8-9,11,19,23,27H,7,10,12H2,1H3. The highest BCUT2D eigenvalue weighted by molar-refractivity contribution is 5.93. The molecule has 8 nitrogen and oxygen atoms in total. The van der Waals surface area contributed by atoms with Gasteiger partial charge >= 0.3 is 5.97 Å². The lowest BCUT2D eigenvalue weighted by molar-refractivity contribution is 0.0535. The van der Waals surface area contributed by atoms with Crippen LogP contribution in [-0.4, -0.2) is 32.4 Å². The number of cyclic esters (lactones) is 1. The van der Waals surface area contributed by atoms with Crippen LogP contribution in [0.1, 0.15) is 44.3 Å². The Morgan fingerprint density at radius 3 is 2.93 bits per heavy atom. The summed E-state index contributed by atoms with van der Waals surface area (Å²) in [5, 5.41) is 26.7. The summed E-state index contributed by atoms with van der Waals surface area (Å²) in [6.07, 6.45) is 4.14. The Morgan fingerprint density at radius 2 is 2.21 bits per heavy atom. The third kappa shape index (κ3) is 3.74. The lowest BCUT2D eigenvalue weighted by Gasteiger charge is -2.16. The number of fused-ring (bicyclic) bond motifs is 1. The van der Waals surface area contributed by atoms with E-state index in [1.165, 1.54) is 6.20 Å². The molecule has 29 heavy (non-hydrogen) atoms. The molecule has 8 heteroatoms. The van der Waals surface area contributed by atoms with E-state index in [0.717, 1.165) is 22.3 Å². The average molecular weight is 389 g/mol. The number of rotatable bonds is 6. The van der Waals surface area contributed by atoms with Gasteiger partial charge in [-0.1, -0.05) is 12.1 Å². The molecule has 0 radical (unpaired) electrons. The van der Waals surface area contributed by atoms with E-state index in [0.29, 0.717) is 30.0 Å². The fraction of sp³-hybridized carbons (Fsp3) is 0.238. The van der Waals surface area contributed by atoms with E-state index in [2.05, 4.69) is 15.4 Å². The van der Waals surface area contributed by atoms with Gasteiger partial charge in [-0.3, -0.25) is 0 Å². The molecular formula is C21H19N5O3. The number of aliphatic hydroxyl groups is 1. The molecule has 0 saturated heterocycles. The number of nitriles is 1. The number of ether oxygens (including phenoxy) is 1. The first kappa shape index (κ1) is 18.8. The summed E-state index contributed by atoms with van der Waals surface area (Å²) in [6.45, 7) is 3.06. The normalized spacial score (nSPS) is 13.6. The molecule has 0 bridgehead atoms. The van der Waals surface area contributed by atoms with Crippen molar-refractivity contribution in [1.82, 2.24) is 20.1 Å². The molecular weight excluding hydrogens is 370 g/mol. The Morgan fingerprint density at radius 1 is 1.34 bits per heavy atom. The van der Waals surface area contributed by atoms with Crippen LogP contribution in [0.15, 0.2) is 42.9 Å².